The molecule has 0 saturated carbocycles. The molecule has 44 valence electrons. The van der Waals surface area contributed by atoms with Crippen molar-refractivity contribution >= 4 is 33.7 Å². The minimum atomic E-state index is -0.172. The van der Waals surface area contributed by atoms with Crippen LogP contribution < -0.4 is 5.43 Å². The second-order valence-electron chi connectivity index (χ2n) is 1.34. The van der Waals surface area contributed by atoms with Gasteiger partial charge in [-0.3, -0.25) is 5.43 Å². The zero-order valence-electron chi connectivity index (χ0n) is 3.94. The summed E-state index contributed by atoms with van der Waals surface area (Å²) in [6.45, 7) is 0. The normalized spacial score (nSPS) is 26.8. The van der Waals surface area contributed by atoms with E-state index >= 15 is 0 Å². The average molecular weight is 195 g/mol. The van der Waals surface area contributed by atoms with Crippen molar-refractivity contribution in [3.63, 3.8) is 0 Å². The Morgan fingerprint density at radius 2 is 2.62 bits per heavy atom. The molecular formula is C4H4BrClN2. The molecule has 2 nitrogen and oxygen atoms in total. The predicted molar refractivity (Wildman–Crippen MR) is 38.3 cm³/mol. The van der Waals surface area contributed by atoms with E-state index in [-0.39, 0.29) is 5.50 Å². The van der Waals surface area contributed by atoms with Gasteiger partial charge in [-0.25, -0.2) is 0 Å². The van der Waals surface area contributed by atoms with Crippen LogP contribution in [0.1, 0.15) is 0 Å². The van der Waals surface area contributed by atoms with Crippen LogP contribution in [0.5, 0.6) is 0 Å². The average Bonchev–Trinajstić information content (AvgIpc) is 1.64. The van der Waals surface area contributed by atoms with Crippen LogP contribution >= 0.6 is 27.5 Å². The largest absolute Gasteiger partial charge is 0.288 e. The Balaban J connectivity index is 2.63. The van der Waals surface area contributed by atoms with Crippen molar-refractivity contribution in [2.24, 2.45) is 5.10 Å². The minimum Gasteiger partial charge on any atom is -0.288 e. The van der Waals surface area contributed by atoms with E-state index in [0.717, 1.165) is 4.48 Å². The fourth-order valence-corrected chi connectivity index (χ4v) is 1.10. The first-order chi connectivity index (χ1) is 3.79. The molecule has 0 aromatic rings. The second-order valence-corrected chi connectivity index (χ2v) is 2.73. The summed E-state index contributed by atoms with van der Waals surface area (Å²) in [5.41, 5.74) is 2.47. The zero-order valence-corrected chi connectivity index (χ0v) is 6.28. The lowest BCUT2D eigenvalue weighted by Crippen LogP contribution is -2.18. The molecule has 1 unspecified atom stereocenters. The zero-order chi connectivity index (χ0) is 5.98. The summed E-state index contributed by atoms with van der Waals surface area (Å²) in [6.07, 6.45) is 3.47. The molecule has 0 radical (unpaired) electrons. The van der Waals surface area contributed by atoms with Crippen molar-refractivity contribution in [3.05, 3.63) is 10.6 Å². The number of allylic oxidation sites excluding steroid dienone is 1. The summed E-state index contributed by atoms with van der Waals surface area (Å²) in [5.74, 6) is 0. The van der Waals surface area contributed by atoms with Gasteiger partial charge < -0.3 is 0 Å². The summed E-state index contributed by atoms with van der Waals surface area (Å²) in [7, 11) is 0. The second kappa shape index (κ2) is 2.51. The molecule has 4 heteroatoms. The number of nitrogens with zero attached hydrogens (tertiary/aromatic N) is 1. The smallest absolute Gasteiger partial charge is 0.137 e. The molecule has 1 heterocycles. The molecule has 0 aromatic heterocycles. The fourth-order valence-electron chi connectivity index (χ4n) is 0.390. The number of nitrogens with one attached hydrogen (secondary N) is 1. The molecule has 0 amide bonds. The first-order valence-electron chi connectivity index (χ1n) is 2.09. The maximum Gasteiger partial charge on any atom is 0.137 e. The van der Waals surface area contributed by atoms with Gasteiger partial charge in [0.05, 0.1) is 6.21 Å². The maximum absolute atomic E-state index is 5.58. The minimum absolute atomic E-state index is 0.172. The number of halogens is 2. The van der Waals surface area contributed by atoms with E-state index in [9.17, 15) is 0 Å². The number of hydrazone groups is 1. The number of rotatable bonds is 0. The molecule has 0 aliphatic carbocycles. The number of hydrogen-bond donors (Lipinski definition) is 1. The van der Waals surface area contributed by atoms with Gasteiger partial charge in [-0.2, -0.15) is 5.10 Å². The van der Waals surface area contributed by atoms with Crippen LogP contribution in [0, 0.1) is 0 Å². The SMILES string of the molecule is ClC1C=C(Br)C=NN1. The molecule has 1 aliphatic heterocycles. The van der Waals surface area contributed by atoms with Crippen molar-refractivity contribution < 1.29 is 0 Å². The van der Waals surface area contributed by atoms with Gasteiger partial charge in [0.25, 0.3) is 0 Å². The monoisotopic (exact) mass is 194 g/mol. The van der Waals surface area contributed by atoms with Gasteiger partial charge in [0.2, 0.25) is 0 Å². The lowest BCUT2D eigenvalue weighted by atomic mass is 10.5. The first kappa shape index (κ1) is 6.11. The van der Waals surface area contributed by atoms with Crippen LogP contribution in [-0.2, 0) is 0 Å². The molecule has 1 N–H and O–H groups in total. The van der Waals surface area contributed by atoms with E-state index in [1.54, 1.807) is 6.21 Å². The van der Waals surface area contributed by atoms with Gasteiger partial charge in [0.15, 0.2) is 0 Å². The Hall–Kier alpha value is -0.0200. The summed E-state index contributed by atoms with van der Waals surface area (Å²) in [6, 6.07) is 0. The van der Waals surface area contributed by atoms with Crippen molar-refractivity contribution in [2.75, 3.05) is 0 Å². The van der Waals surface area contributed by atoms with Gasteiger partial charge >= 0.3 is 0 Å². The third-order valence-corrected chi connectivity index (χ3v) is 1.38. The number of alkyl halides is 1. The van der Waals surface area contributed by atoms with Crippen LogP contribution in [0.2, 0.25) is 0 Å². The highest BCUT2D eigenvalue weighted by atomic mass is 79.9. The Bertz CT molecular complexity index is 143. The van der Waals surface area contributed by atoms with E-state index in [1.807, 2.05) is 6.08 Å². The first-order valence-corrected chi connectivity index (χ1v) is 3.32. The maximum atomic E-state index is 5.58. The lowest BCUT2D eigenvalue weighted by molar-refractivity contribution is 0.770. The van der Waals surface area contributed by atoms with Crippen molar-refractivity contribution in [1.29, 1.82) is 0 Å². The summed E-state index contributed by atoms with van der Waals surface area (Å²) < 4.78 is 0.913. The van der Waals surface area contributed by atoms with E-state index in [0.29, 0.717) is 0 Å². The molecule has 0 spiro atoms. The molecule has 0 aromatic carbocycles. The molecule has 8 heavy (non-hydrogen) atoms. The summed E-state index contributed by atoms with van der Waals surface area (Å²) in [5, 5.41) is 3.72. The van der Waals surface area contributed by atoms with Gasteiger partial charge in [0, 0.05) is 4.48 Å². The molecule has 1 aliphatic rings. The molecule has 0 bridgehead atoms. The van der Waals surface area contributed by atoms with Crippen molar-refractivity contribution in [3.8, 4) is 0 Å². The molecular weight excluding hydrogens is 191 g/mol. The van der Waals surface area contributed by atoms with Crippen LogP contribution in [-0.4, -0.2) is 11.7 Å². The topological polar surface area (TPSA) is 24.4 Å². The highest BCUT2D eigenvalue weighted by Crippen LogP contribution is 2.08. The molecule has 1 rings (SSSR count). The van der Waals surface area contributed by atoms with Gasteiger partial charge in [-0.05, 0) is 22.0 Å². The standard InChI is InChI=1S/C4H4BrClN2/c5-3-1-4(6)8-7-2-3/h1-2,4,8H. The fraction of sp³-hybridized carbons (Fsp3) is 0.250. The third-order valence-electron chi connectivity index (χ3n) is 0.691. The van der Waals surface area contributed by atoms with Crippen LogP contribution in [0.15, 0.2) is 15.7 Å². The van der Waals surface area contributed by atoms with Crippen molar-refractivity contribution in [2.45, 2.75) is 5.50 Å². The molecule has 0 saturated heterocycles. The lowest BCUT2D eigenvalue weighted by Gasteiger charge is -2.06. The van der Waals surface area contributed by atoms with Crippen LogP contribution in [0.4, 0.5) is 0 Å². The van der Waals surface area contributed by atoms with E-state index in [2.05, 4.69) is 26.5 Å². The van der Waals surface area contributed by atoms with E-state index in [4.69, 9.17) is 11.6 Å². The Labute approximate surface area is 60.7 Å². The molecule has 0 fully saturated rings. The number of hydrogen-bond acceptors (Lipinski definition) is 2. The van der Waals surface area contributed by atoms with Gasteiger partial charge in [-0.15, -0.1) is 0 Å². The highest BCUT2D eigenvalue weighted by molar-refractivity contribution is 9.12. The summed E-state index contributed by atoms with van der Waals surface area (Å²) >= 11 is 8.80. The van der Waals surface area contributed by atoms with Gasteiger partial charge in [-0.1, -0.05) is 11.6 Å². The predicted octanol–water partition coefficient (Wildman–Crippen LogP) is 1.42. The quantitative estimate of drug-likeness (QED) is 0.459. The third kappa shape index (κ3) is 1.49. The highest BCUT2D eigenvalue weighted by Gasteiger charge is 2.01. The molecule has 1 atom stereocenters. The van der Waals surface area contributed by atoms with Gasteiger partial charge in [0.1, 0.15) is 5.50 Å². The van der Waals surface area contributed by atoms with E-state index in [1.165, 1.54) is 0 Å². The Morgan fingerprint density at radius 1 is 1.88 bits per heavy atom. The van der Waals surface area contributed by atoms with Crippen LogP contribution in [0.3, 0.4) is 0 Å². The Morgan fingerprint density at radius 3 is 3.00 bits per heavy atom. The van der Waals surface area contributed by atoms with E-state index < -0.39 is 0 Å². The van der Waals surface area contributed by atoms with Crippen molar-refractivity contribution in [1.82, 2.24) is 5.43 Å². The summed E-state index contributed by atoms with van der Waals surface area (Å²) in [4.78, 5) is 0. The Kier molecular flexibility index (Phi) is 1.91. The van der Waals surface area contributed by atoms with Crippen LogP contribution in [0.25, 0.3) is 0 Å².